The van der Waals surface area contributed by atoms with Crippen molar-refractivity contribution in [3.63, 3.8) is 0 Å². The van der Waals surface area contributed by atoms with E-state index >= 15 is 0 Å². The summed E-state index contributed by atoms with van der Waals surface area (Å²) < 4.78 is 4.57. The Hall–Kier alpha value is -3.51. The molecule has 0 spiro atoms. The zero-order valence-corrected chi connectivity index (χ0v) is 19.8. The molecule has 0 saturated carbocycles. The first kappa shape index (κ1) is 22.7. The van der Waals surface area contributed by atoms with Crippen LogP contribution in [0.1, 0.15) is 41.0 Å². The lowest BCUT2D eigenvalue weighted by Gasteiger charge is -2.22. The van der Waals surface area contributed by atoms with Crippen LogP contribution in [0.5, 0.6) is 0 Å². The van der Waals surface area contributed by atoms with Gasteiger partial charge in [0, 0.05) is 24.5 Å². The van der Waals surface area contributed by atoms with Crippen LogP contribution in [0.25, 0.3) is 0 Å². The predicted molar refractivity (Wildman–Crippen MR) is 134 cm³/mol. The van der Waals surface area contributed by atoms with Gasteiger partial charge in [-0.3, -0.25) is 4.79 Å². The van der Waals surface area contributed by atoms with Gasteiger partial charge in [-0.05, 0) is 30.5 Å². The van der Waals surface area contributed by atoms with E-state index < -0.39 is 0 Å². The third-order valence-electron chi connectivity index (χ3n) is 5.44. The maximum Gasteiger partial charge on any atom is 0.240 e. The number of rotatable bonds is 9. The van der Waals surface area contributed by atoms with E-state index in [1.54, 1.807) is 0 Å². The number of amides is 1. The highest BCUT2D eigenvalue weighted by molar-refractivity contribution is 7.09. The molecular formula is C27H28N4OS. The second-order valence-electron chi connectivity index (χ2n) is 8.20. The largest absolute Gasteiger partial charge is 0.348 e. The number of aryl methyl sites for hydroxylation is 1. The predicted octanol–water partition coefficient (Wildman–Crippen LogP) is 5.32. The molecule has 0 bridgehead atoms. The Bertz CT molecular complexity index is 1160. The fourth-order valence-corrected chi connectivity index (χ4v) is 4.30. The smallest absolute Gasteiger partial charge is 0.240 e. The molecule has 0 saturated heterocycles. The van der Waals surface area contributed by atoms with Gasteiger partial charge in [-0.25, -0.2) is 4.98 Å². The summed E-state index contributed by atoms with van der Waals surface area (Å²) in [6, 6.07) is 28.5. The molecule has 1 N–H and O–H groups in total. The maximum atomic E-state index is 12.9. The van der Waals surface area contributed by atoms with Gasteiger partial charge >= 0.3 is 0 Å². The van der Waals surface area contributed by atoms with E-state index in [0.29, 0.717) is 13.0 Å². The summed E-state index contributed by atoms with van der Waals surface area (Å²) in [4.78, 5) is 19.7. The molecule has 168 valence electrons. The van der Waals surface area contributed by atoms with Crippen molar-refractivity contribution in [1.29, 1.82) is 0 Å². The highest BCUT2D eigenvalue weighted by Crippen LogP contribution is 2.22. The first-order valence-electron chi connectivity index (χ1n) is 11.1. The van der Waals surface area contributed by atoms with Crippen molar-refractivity contribution in [3.8, 4) is 0 Å². The quantitative estimate of drug-likeness (QED) is 0.370. The lowest BCUT2D eigenvalue weighted by Crippen LogP contribution is -2.38. The zero-order chi connectivity index (χ0) is 23.0. The zero-order valence-electron chi connectivity index (χ0n) is 18.9. The van der Waals surface area contributed by atoms with Gasteiger partial charge in [0.1, 0.15) is 5.82 Å². The molecule has 0 aliphatic heterocycles. The Balaban J connectivity index is 1.48. The van der Waals surface area contributed by atoms with Crippen LogP contribution in [0, 0.1) is 6.92 Å². The van der Waals surface area contributed by atoms with Crippen LogP contribution in [0.2, 0.25) is 0 Å². The van der Waals surface area contributed by atoms with Gasteiger partial charge in [-0.2, -0.15) is 4.37 Å². The highest BCUT2D eigenvalue weighted by Gasteiger charge is 2.18. The summed E-state index contributed by atoms with van der Waals surface area (Å²) in [5.41, 5.74) is 4.61. The number of anilines is 1. The second kappa shape index (κ2) is 10.9. The van der Waals surface area contributed by atoms with Gasteiger partial charge in [-0.1, -0.05) is 90.5 Å². The monoisotopic (exact) mass is 456 g/mol. The number of hydrogen-bond acceptors (Lipinski definition) is 5. The molecule has 1 atom stereocenters. The molecule has 1 heterocycles. The number of hydrogen-bond donors (Lipinski definition) is 1. The van der Waals surface area contributed by atoms with Crippen LogP contribution in [-0.2, 0) is 17.8 Å². The van der Waals surface area contributed by atoms with Gasteiger partial charge in [-0.15, -0.1) is 0 Å². The summed E-state index contributed by atoms with van der Waals surface area (Å²) in [7, 11) is 0. The minimum atomic E-state index is -0.0659. The molecule has 6 heteroatoms. The first-order chi connectivity index (χ1) is 16.1. The highest BCUT2D eigenvalue weighted by atomic mass is 32.1. The lowest BCUT2D eigenvalue weighted by atomic mass is 10.1. The Morgan fingerprint density at radius 2 is 1.61 bits per heavy atom. The maximum absolute atomic E-state index is 12.9. The first-order valence-corrected chi connectivity index (χ1v) is 11.9. The Morgan fingerprint density at radius 1 is 0.939 bits per heavy atom. The van der Waals surface area contributed by atoms with E-state index in [-0.39, 0.29) is 18.5 Å². The summed E-state index contributed by atoms with van der Waals surface area (Å²) in [5.74, 6) is 0.729. The second-order valence-corrected chi connectivity index (χ2v) is 8.93. The summed E-state index contributed by atoms with van der Waals surface area (Å²) in [5, 5.41) is 3.86. The van der Waals surface area contributed by atoms with Crippen molar-refractivity contribution in [2.24, 2.45) is 0 Å². The molecule has 5 nitrogen and oxygen atoms in total. The van der Waals surface area contributed by atoms with E-state index in [1.165, 1.54) is 22.7 Å². The van der Waals surface area contributed by atoms with E-state index in [4.69, 9.17) is 4.98 Å². The molecule has 0 aliphatic rings. The van der Waals surface area contributed by atoms with Gasteiger partial charge in [0.05, 0.1) is 12.6 Å². The summed E-state index contributed by atoms with van der Waals surface area (Å²) in [6.07, 6.45) is 0.674. The van der Waals surface area contributed by atoms with Crippen molar-refractivity contribution >= 4 is 22.6 Å². The Kier molecular flexibility index (Phi) is 7.47. The lowest BCUT2D eigenvalue weighted by molar-refractivity contribution is -0.120. The third-order valence-corrected chi connectivity index (χ3v) is 6.25. The van der Waals surface area contributed by atoms with Crippen LogP contribution in [0.15, 0.2) is 84.9 Å². The van der Waals surface area contributed by atoms with Gasteiger partial charge in [0.25, 0.3) is 0 Å². The topological polar surface area (TPSA) is 58.1 Å². The van der Waals surface area contributed by atoms with Crippen molar-refractivity contribution in [3.05, 3.63) is 113 Å². The van der Waals surface area contributed by atoms with Crippen molar-refractivity contribution in [1.82, 2.24) is 14.7 Å². The van der Waals surface area contributed by atoms with Gasteiger partial charge < -0.3 is 10.2 Å². The van der Waals surface area contributed by atoms with Crippen LogP contribution in [0.4, 0.5) is 5.13 Å². The molecular weight excluding hydrogens is 428 g/mol. The SMILES string of the molecule is Cc1ccc(Cc2nsc(N(CC(=O)NC(C)c3ccccc3)Cc3ccccc3)n2)cc1. The minimum absolute atomic E-state index is 0.0439. The molecule has 33 heavy (non-hydrogen) atoms. The summed E-state index contributed by atoms with van der Waals surface area (Å²) >= 11 is 1.34. The standard InChI is InChI=1S/C27H28N4OS/c1-20-13-15-22(16-14-20)17-25-29-27(33-30-25)31(18-23-9-5-3-6-10-23)19-26(32)28-21(2)24-11-7-4-8-12-24/h3-16,21H,17-19H2,1-2H3,(H,28,32). The fourth-order valence-electron chi connectivity index (χ4n) is 3.61. The number of benzene rings is 3. The third kappa shape index (κ3) is 6.49. The molecule has 1 amide bonds. The Labute approximate surface area is 199 Å². The molecule has 1 aromatic heterocycles. The number of carbonyl (C=O) groups is 1. The van der Waals surface area contributed by atoms with Crippen molar-refractivity contribution < 1.29 is 4.79 Å². The molecule has 3 aromatic carbocycles. The molecule has 0 fully saturated rings. The van der Waals surface area contributed by atoms with E-state index in [2.05, 4.69) is 53.0 Å². The van der Waals surface area contributed by atoms with Crippen molar-refractivity contribution in [2.75, 3.05) is 11.4 Å². The van der Waals surface area contributed by atoms with Crippen LogP contribution >= 0.6 is 11.5 Å². The number of aromatic nitrogens is 2. The normalized spacial score (nSPS) is 11.7. The summed E-state index contributed by atoms with van der Waals surface area (Å²) in [6.45, 7) is 4.88. The van der Waals surface area contributed by atoms with Crippen LogP contribution < -0.4 is 10.2 Å². The molecule has 4 aromatic rings. The molecule has 4 rings (SSSR count). The minimum Gasteiger partial charge on any atom is -0.348 e. The van der Waals surface area contributed by atoms with E-state index in [1.807, 2.05) is 60.4 Å². The Morgan fingerprint density at radius 3 is 2.30 bits per heavy atom. The van der Waals surface area contributed by atoms with Gasteiger partial charge in [0.2, 0.25) is 11.0 Å². The molecule has 1 unspecified atom stereocenters. The van der Waals surface area contributed by atoms with Crippen molar-refractivity contribution in [2.45, 2.75) is 32.9 Å². The van der Waals surface area contributed by atoms with Gasteiger partial charge in [0.15, 0.2) is 0 Å². The molecule has 0 radical (unpaired) electrons. The number of nitrogens with one attached hydrogen (secondary N) is 1. The number of nitrogens with zero attached hydrogens (tertiary/aromatic N) is 3. The van der Waals surface area contributed by atoms with Crippen LogP contribution in [-0.4, -0.2) is 21.8 Å². The number of carbonyl (C=O) groups excluding carboxylic acids is 1. The average Bonchev–Trinajstić information content (AvgIpc) is 3.30. The molecule has 0 aliphatic carbocycles. The fraction of sp³-hybridized carbons (Fsp3) is 0.222. The van der Waals surface area contributed by atoms with Crippen LogP contribution in [0.3, 0.4) is 0 Å². The average molecular weight is 457 g/mol. The van der Waals surface area contributed by atoms with E-state index in [0.717, 1.165) is 22.1 Å². The van der Waals surface area contributed by atoms with E-state index in [9.17, 15) is 4.79 Å².